The van der Waals surface area contributed by atoms with Crippen LogP contribution in [0.3, 0.4) is 0 Å². The smallest absolute Gasteiger partial charge is 0.270 e. The van der Waals surface area contributed by atoms with Crippen molar-refractivity contribution in [3.63, 3.8) is 0 Å². The van der Waals surface area contributed by atoms with Crippen molar-refractivity contribution >= 4 is 29.0 Å². The van der Waals surface area contributed by atoms with Crippen LogP contribution in [0.4, 0.5) is 4.39 Å². The third-order valence-corrected chi connectivity index (χ3v) is 7.45. The maximum absolute atomic E-state index is 14.4. The maximum Gasteiger partial charge on any atom is 0.270 e. The van der Waals surface area contributed by atoms with Crippen LogP contribution in [0.2, 0.25) is 0 Å². The van der Waals surface area contributed by atoms with Crippen LogP contribution < -0.4 is 15.4 Å². The topological polar surface area (TPSA) is 132 Å². The Morgan fingerprint density at radius 1 is 1.10 bits per heavy atom. The molecule has 2 aliphatic rings. The molecule has 0 bridgehead atoms. The number of nitrogens with zero attached hydrogens (tertiary/aromatic N) is 3. The number of amides is 2. The number of ketones is 2. The van der Waals surface area contributed by atoms with Gasteiger partial charge in [-0.3, -0.25) is 19.2 Å². The third kappa shape index (κ3) is 5.81. The second kappa shape index (κ2) is 11.3. The van der Waals surface area contributed by atoms with Crippen molar-refractivity contribution in [2.45, 2.75) is 52.0 Å². The molecule has 3 aromatic rings. The van der Waals surface area contributed by atoms with Gasteiger partial charge < -0.3 is 15.4 Å². The molecular formula is C28H30FN5O5. The fourth-order valence-electron chi connectivity index (χ4n) is 5.24. The second-order valence-corrected chi connectivity index (χ2v) is 10.1. The number of ether oxygens (including phenoxy) is 1. The van der Waals surface area contributed by atoms with Gasteiger partial charge in [-0.15, -0.1) is 0 Å². The Labute approximate surface area is 224 Å². The van der Waals surface area contributed by atoms with Gasteiger partial charge in [-0.1, -0.05) is 13.0 Å². The third-order valence-electron chi connectivity index (χ3n) is 7.45. The number of carbonyl (C=O) groups is 4. The molecule has 0 saturated heterocycles. The van der Waals surface area contributed by atoms with Crippen LogP contribution in [0.25, 0.3) is 5.65 Å². The molecule has 39 heavy (non-hydrogen) atoms. The highest BCUT2D eigenvalue weighted by Gasteiger charge is 2.26. The van der Waals surface area contributed by atoms with E-state index in [9.17, 15) is 23.6 Å². The van der Waals surface area contributed by atoms with Gasteiger partial charge in [0.2, 0.25) is 0 Å². The lowest BCUT2D eigenvalue weighted by Crippen LogP contribution is -2.34. The van der Waals surface area contributed by atoms with E-state index in [2.05, 4.69) is 20.7 Å². The summed E-state index contributed by atoms with van der Waals surface area (Å²) in [6, 6.07) is 6.63. The summed E-state index contributed by atoms with van der Waals surface area (Å²) in [6.45, 7) is 2.48. The van der Waals surface area contributed by atoms with Crippen LogP contribution in [0, 0.1) is 17.7 Å². The molecule has 0 spiro atoms. The van der Waals surface area contributed by atoms with E-state index >= 15 is 0 Å². The van der Waals surface area contributed by atoms with Crippen LogP contribution in [-0.4, -0.2) is 51.1 Å². The summed E-state index contributed by atoms with van der Waals surface area (Å²) in [5.41, 5.74) is 1.15. The highest BCUT2D eigenvalue weighted by atomic mass is 19.1. The minimum atomic E-state index is -0.753. The first kappa shape index (κ1) is 26.5. The average Bonchev–Trinajstić information content (AvgIpc) is 3.34. The van der Waals surface area contributed by atoms with Crippen molar-refractivity contribution < 1.29 is 28.3 Å². The summed E-state index contributed by atoms with van der Waals surface area (Å²) in [5, 5.41) is 9.54. The zero-order valence-electron chi connectivity index (χ0n) is 21.7. The number of aromatic nitrogens is 3. The summed E-state index contributed by atoms with van der Waals surface area (Å²) in [4.78, 5) is 53.8. The zero-order valence-corrected chi connectivity index (χ0v) is 21.7. The summed E-state index contributed by atoms with van der Waals surface area (Å²) in [7, 11) is 0. The van der Waals surface area contributed by atoms with Gasteiger partial charge in [-0.25, -0.2) is 13.9 Å². The average molecular weight is 536 g/mol. The lowest BCUT2D eigenvalue weighted by atomic mass is 9.79. The largest absolute Gasteiger partial charge is 0.486 e. The number of benzene rings is 1. The van der Waals surface area contributed by atoms with E-state index in [1.54, 1.807) is 18.2 Å². The van der Waals surface area contributed by atoms with Gasteiger partial charge in [0.05, 0.1) is 6.20 Å². The molecule has 2 aromatic heterocycles. The Morgan fingerprint density at radius 2 is 1.90 bits per heavy atom. The van der Waals surface area contributed by atoms with E-state index in [1.807, 2.05) is 6.92 Å². The SMILES string of the molecule is CCC(=O)C1CCC(CNC(=O)c2cc(C(=O)NCc3ccc4c(c3)CC(=O)CO4)nc3c(F)cnn23)CC1. The zero-order chi connectivity index (χ0) is 27.5. The quantitative estimate of drug-likeness (QED) is 0.453. The van der Waals surface area contributed by atoms with Crippen molar-refractivity contribution in [3.8, 4) is 5.75 Å². The highest BCUT2D eigenvalue weighted by Crippen LogP contribution is 2.29. The summed E-state index contributed by atoms with van der Waals surface area (Å²) in [6.07, 6.45) is 5.08. The molecule has 11 heteroatoms. The Hall–Kier alpha value is -4.15. The van der Waals surface area contributed by atoms with Crippen LogP contribution in [0.5, 0.6) is 5.75 Å². The van der Waals surface area contributed by atoms with E-state index < -0.39 is 17.6 Å². The van der Waals surface area contributed by atoms with E-state index in [-0.39, 0.29) is 54.2 Å². The number of fused-ring (bicyclic) bond motifs is 2. The Balaban J connectivity index is 1.26. The summed E-state index contributed by atoms with van der Waals surface area (Å²) in [5.74, 6) is -0.577. The lowest BCUT2D eigenvalue weighted by molar-refractivity contribution is -0.123. The molecule has 1 aliphatic heterocycles. The molecule has 1 aliphatic carbocycles. The van der Waals surface area contributed by atoms with E-state index in [0.717, 1.165) is 47.5 Å². The van der Waals surface area contributed by atoms with Gasteiger partial charge in [0.15, 0.2) is 17.2 Å². The molecule has 1 fully saturated rings. The Bertz CT molecular complexity index is 1440. The molecule has 2 amide bonds. The van der Waals surface area contributed by atoms with E-state index in [0.29, 0.717) is 24.5 Å². The first-order chi connectivity index (χ1) is 18.8. The fraction of sp³-hybridized carbons (Fsp3) is 0.429. The number of nitrogens with one attached hydrogen (secondary N) is 2. The first-order valence-electron chi connectivity index (χ1n) is 13.2. The van der Waals surface area contributed by atoms with Crippen LogP contribution >= 0.6 is 0 Å². The van der Waals surface area contributed by atoms with Gasteiger partial charge >= 0.3 is 0 Å². The minimum absolute atomic E-state index is 0.00617. The second-order valence-electron chi connectivity index (χ2n) is 10.1. The van der Waals surface area contributed by atoms with E-state index in [4.69, 9.17) is 4.74 Å². The molecule has 204 valence electrons. The maximum atomic E-state index is 14.4. The van der Waals surface area contributed by atoms with Crippen LogP contribution in [-0.2, 0) is 22.6 Å². The van der Waals surface area contributed by atoms with Crippen LogP contribution in [0.1, 0.15) is 71.1 Å². The number of rotatable bonds is 8. The van der Waals surface area contributed by atoms with Crippen LogP contribution in [0.15, 0.2) is 30.5 Å². The number of Topliss-reactive ketones (excluding diaryl/α,β-unsaturated/α-hetero) is 2. The Morgan fingerprint density at radius 3 is 2.67 bits per heavy atom. The number of hydrogen-bond donors (Lipinski definition) is 2. The van der Waals surface area contributed by atoms with Gasteiger partial charge in [0, 0.05) is 43.5 Å². The van der Waals surface area contributed by atoms with Crippen molar-refractivity contribution in [1.82, 2.24) is 25.2 Å². The van der Waals surface area contributed by atoms with Crippen molar-refractivity contribution in [2.75, 3.05) is 13.2 Å². The number of carbonyl (C=O) groups excluding carboxylic acids is 4. The van der Waals surface area contributed by atoms with Crippen molar-refractivity contribution in [2.24, 2.45) is 11.8 Å². The predicted molar refractivity (Wildman–Crippen MR) is 138 cm³/mol. The molecule has 1 aromatic carbocycles. The normalized spacial score (nSPS) is 18.8. The first-order valence-corrected chi connectivity index (χ1v) is 13.2. The molecule has 5 rings (SSSR count). The molecule has 3 heterocycles. The Kier molecular flexibility index (Phi) is 7.67. The lowest BCUT2D eigenvalue weighted by Gasteiger charge is -2.27. The molecular weight excluding hydrogens is 505 g/mol. The van der Waals surface area contributed by atoms with Crippen molar-refractivity contribution in [1.29, 1.82) is 0 Å². The molecule has 10 nitrogen and oxygen atoms in total. The highest BCUT2D eigenvalue weighted by molar-refractivity contribution is 5.98. The minimum Gasteiger partial charge on any atom is -0.486 e. The van der Waals surface area contributed by atoms with Gasteiger partial charge in [0.25, 0.3) is 11.8 Å². The molecule has 1 saturated carbocycles. The number of halogens is 1. The van der Waals surface area contributed by atoms with Gasteiger partial charge in [-0.05, 0) is 49.3 Å². The summed E-state index contributed by atoms with van der Waals surface area (Å²) >= 11 is 0. The van der Waals surface area contributed by atoms with Crippen molar-refractivity contribution in [3.05, 3.63) is 58.8 Å². The number of hydrogen-bond acceptors (Lipinski definition) is 7. The fourth-order valence-corrected chi connectivity index (χ4v) is 5.24. The molecule has 0 atom stereocenters. The summed E-state index contributed by atoms with van der Waals surface area (Å²) < 4.78 is 20.9. The monoisotopic (exact) mass is 535 g/mol. The van der Waals surface area contributed by atoms with E-state index in [1.165, 1.54) is 6.07 Å². The standard InChI is InChI=1S/C28H30FN5O5/c1-2-24(36)18-6-3-16(4-7-18)12-31-28(38)23-11-22(33-26-21(29)14-32-34(23)26)27(37)30-13-17-5-8-25-19(9-17)10-20(35)15-39-25/h5,8-9,11,14,16,18H,2-4,6-7,10,12-13,15H2,1H3,(H,30,37)(H,31,38). The molecule has 2 N–H and O–H groups in total. The van der Waals surface area contributed by atoms with Gasteiger partial charge in [-0.2, -0.15) is 5.10 Å². The van der Waals surface area contributed by atoms with Gasteiger partial charge in [0.1, 0.15) is 29.5 Å². The predicted octanol–water partition coefficient (Wildman–Crippen LogP) is 2.82. The molecule has 0 unspecified atom stereocenters. The molecule has 0 radical (unpaired) electrons.